The normalized spacial score (nSPS) is 9.30. The Morgan fingerprint density at radius 2 is 2.20 bits per heavy atom. The minimum Gasteiger partial charge on any atom is -0.398 e. The highest BCUT2D eigenvalue weighted by Crippen LogP contribution is 2.09. The molecular formula is C7H7FN2. The van der Waals surface area contributed by atoms with Gasteiger partial charge in [-0.2, -0.15) is 0 Å². The van der Waals surface area contributed by atoms with Crippen LogP contribution in [0.25, 0.3) is 0 Å². The summed E-state index contributed by atoms with van der Waals surface area (Å²) in [4.78, 5) is 0. The Morgan fingerprint density at radius 1 is 1.50 bits per heavy atom. The minimum atomic E-state index is -0.372. The Hall–Kier alpha value is -1.38. The van der Waals surface area contributed by atoms with E-state index in [1.165, 1.54) is 18.2 Å². The molecule has 3 N–H and O–H groups in total. The summed E-state index contributed by atoms with van der Waals surface area (Å²) < 4.78 is 12.3. The van der Waals surface area contributed by atoms with E-state index in [-0.39, 0.29) is 5.82 Å². The van der Waals surface area contributed by atoms with E-state index in [1.54, 1.807) is 0 Å². The number of hydrogen-bond donors (Lipinski definition) is 2. The number of nitrogens with two attached hydrogens (primary N) is 1. The van der Waals surface area contributed by atoms with Gasteiger partial charge in [0.25, 0.3) is 0 Å². The van der Waals surface area contributed by atoms with Gasteiger partial charge in [-0.05, 0) is 18.2 Å². The maximum absolute atomic E-state index is 12.3. The molecule has 0 aliphatic carbocycles. The second-order valence-electron chi connectivity index (χ2n) is 1.92. The lowest BCUT2D eigenvalue weighted by Crippen LogP contribution is -1.92. The van der Waals surface area contributed by atoms with Crippen molar-refractivity contribution in [2.75, 3.05) is 5.73 Å². The van der Waals surface area contributed by atoms with Gasteiger partial charge in [-0.1, -0.05) is 0 Å². The third kappa shape index (κ3) is 1.13. The van der Waals surface area contributed by atoms with Crippen molar-refractivity contribution in [3.8, 4) is 0 Å². The zero-order chi connectivity index (χ0) is 7.56. The van der Waals surface area contributed by atoms with Crippen molar-refractivity contribution in [3.05, 3.63) is 29.6 Å². The molecule has 0 aliphatic heterocycles. The maximum atomic E-state index is 12.3. The lowest BCUT2D eigenvalue weighted by atomic mass is 10.2. The first-order valence-electron chi connectivity index (χ1n) is 2.79. The second kappa shape index (κ2) is 2.47. The van der Waals surface area contributed by atoms with E-state index >= 15 is 0 Å². The number of hydrogen-bond acceptors (Lipinski definition) is 2. The number of benzene rings is 1. The van der Waals surface area contributed by atoms with Crippen LogP contribution in [0.2, 0.25) is 0 Å². The van der Waals surface area contributed by atoms with Gasteiger partial charge < -0.3 is 11.1 Å². The largest absolute Gasteiger partial charge is 0.398 e. The van der Waals surface area contributed by atoms with Gasteiger partial charge in [0, 0.05) is 17.5 Å². The van der Waals surface area contributed by atoms with Gasteiger partial charge in [-0.3, -0.25) is 0 Å². The first kappa shape index (κ1) is 6.74. The molecule has 0 amide bonds. The molecule has 0 spiro atoms. The molecule has 1 aromatic rings. The minimum absolute atomic E-state index is 0.301. The Morgan fingerprint density at radius 3 is 2.70 bits per heavy atom. The summed E-state index contributed by atoms with van der Waals surface area (Å²) >= 11 is 0. The number of anilines is 1. The molecule has 0 atom stereocenters. The Labute approximate surface area is 58.0 Å². The maximum Gasteiger partial charge on any atom is 0.125 e. The summed E-state index contributed by atoms with van der Waals surface area (Å²) in [5, 5.41) is 6.83. The number of nitrogen functional groups attached to an aromatic ring is 1. The Kier molecular flexibility index (Phi) is 1.67. The molecule has 0 unspecified atom stereocenters. The van der Waals surface area contributed by atoms with E-state index in [2.05, 4.69) is 0 Å². The zero-order valence-corrected chi connectivity index (χ0v) is 5.26. The molecular weight excluding hydrogens is 131 g/mol. The van der Waals surface area contributed by atoms with Crippen molar-refractivity contribution < 1.29 is 4.39 Å². The molecule has 2 nitrogen and oxygen atoms in total. The topological polar surface area (TPSA) is 49.9 Å². The van der Waals surface area contributed by atoms with Crippen LogP contribution in [0.5, 0.6) is 0 Å². The third-order valence-corrected chi connectivity index (χ3v) is 1.20. The van der Waals surface area contributed by atoms with Gasteiger partial charge in [0.15, 0.2) is 0 Å². The third-order valence-electron chi connectivity index (χ3n) is 1.20. The SMILES string of the molecule is N=Cc1ccc(F)cc1N. The van der Waals surface area contributed by atoms with Crippen LogP contribution in [0, 0.1) is 11.2 Å². The van der Waals surface area contributed by atoms with E-state index < -0.39 is 0 Å². The van der Waals surface area contributed by atoms with Gasteiger partial charge in [-0.25, -0.2) is 4.39 Å². The van der Waals surface area contributed by atoms with Gasteiger partial charge in [-0.15, -0.1) is 0 Å². The molecule has 1 rings (SSSR count). The molecule has 0 aliphatic rings. The average molecular weight is 138 g/mol. The van der Waals surface area contributed by atoms with Crippen LogP contribution < -0.4 is 5.73 Å². The van der Waals surface area contributed by atoms with Crippen LogP contribution in [-0.4, -0.2) is 6.21 Å². The first-order valence-corrected chi connectivity index (χ1v) is 2.79. The lowest BCUT2D eigenvalue weighted by molar-refractivity contribution is 0.628. The summed E-state index contributed by atoms with van der Waals surface area (Å²) in [5.41, 5.74) is 6.18. The summed E-state index contributed by atoms with van der Waals surface area (Å²) in [5.74, 6) is -0.372. The molecule has 0 heterocycles. The summed E-state index contributed by atoms with van der Waals surface area (Å²) in [6, 6.07) is 3.94. The fourth-order valence-corrected chi connectivity index (χ4v) is 0.677. The molecule has 0 bridgehead atoms. The van der Waals surface area contributed by atoms with E-state index in [0.29, 0.717) is 11.3 Å². The van der Waals surface area contributed by atoms with Gasteiger partial charge in [0.1, 0.15) is 5.82 Å². The predicted octanol–water partition coefficient (Wildman–Crippen LogP) is 1.41. The van der Waals surface area contributed by atoms with Crippen molar-refractivity contribution in [2.45, 2.75) is 0 Å². The van der Waals surface area contributed by atoms with Crippen molar-refractivity contribution >= 4 is 11.9 Å². The molecule has 1 aromatic carbocycles. The lowest BCUT2D eigenvalue weighted by Gasteiger charge is -1.96. The van der Waals surface area contributed by atoms with Crippen LogP contribution >= 0.6 is 0 Å². The van der Waals surface area contributed by atoms with Crippen molar-refractivity contribution in [3.63, 3.8) is 0 Å². The van der Waals surface area contributed by atoms with E-state index in [1.807, 2.05) is 0 Å². The Balaban J connectivity index is 3.19. The number of nitrogens with one attached hydrogen (secondary N) is 1. The summed E-state index contributed by atoms with van der Waals surface area (Å²) in [6.07, 6.45) is 1.09. The standard InChI is InChI=1S/C7H7FN2/c8-6-2-1-5(4-9)7(10)3-6/h1-4,9H,10H2. The highest BCUT2D eigenvalue weighted by Gasteiger charge is 1.95. The van der Waals surface area contributed by atoms with Gasteiger partial charge in [0.05, 0.1) is 0 Å². The van der Waals surface area contributed by atoms with Crippen molar-refractivity contribution in [1.82, 2.24) is 0 Å². The highest BCUT2D eigenvalue weighted by atomic mass is 19.1. The van der Waals surface area contributed by atoms with Gasteiger partial charge >= 0.3 is 0 Å². The first-order chi connectivity index (χ1) is 4.74. The van der Waals surface area contributed by atoms with E-state index in [9.17, 15) is 4.39 Å². The molecule has 0 radical (unpaired) electrons. The van der Waals surface area contributed by atoms with Crippen molar-refractivity contribution in [1.29, 1.82) is 5.41 Å². The summed E-state index contributed by atoms with van der Waals surface area (Å²) in [7, 11) is 0. The second-order valence-corrected chi connectivity index (χ2v) is 1.92. The average Bonchev–Trinajstić information content (AvgIpc) is 1.88. The van der Waals surface area contributed by atoms with Crippen LogP contribution in [0.3, 0.4) is 0 Å². The molecule has 0 saturated heterocycles. The zero-order valence-electron chi connectivity index (χ0n) is 5.26. The molecule has 52 valence electrons. The molecule has 0 saturated carbocycles. The van der Waals surface area contributed by atoms with Gasteiger partial charge in [0.2, 0.25) is 0 Å². The fourth-order valence-electron chi connectivity index (χ4n) is 0.677. The van der Waals surface area contributed by atoms with Crippen molar-refractivity contribution in [2.24, 2.45) is 0 Å². The number of rotatable bonds is 1. The van der Waals surface area contributed by atoms with Crippen LogP contribution in [0.4, 0.5) is 10.1 Å². The van der Waals surface area contributed by atoms with E-state index in [0.717, 1.165) is 6.21 Å². The molecule has 3 heteroatoms. The van der Waals surface area contributed by atoms with Crippen LogP contribution in [0.1, 0.15) is 5.56 Å². The van der Waals surface area contributed by atoms with Crippen LogP contribution in [-0.2, 0) is 0 Å². The monoisotopic (exact) mass is 138 g/mol. The Bertz CT molecular complexity index is 258. The quantitative estimate of drug-likeness (QED) is 0.447. The summed E-state index contributed by atoms with van der Waals surface area (Å²) in [6.45, 7) is 0. The molecule has 10 heavy (non-hydrogen) atoms. The predicted molar refractivity (Wildman–Crippen MR) is 38.7 cm³/mol. The molecule has 0 fully saturated rings. The molecule has 0 aromatic heterocycles. The highest BCUT2D eigenvalue weighted by molar-refractivity contribution is 5.84. The van der Waals surface area contributed by atoms with E-state index in [4.69, 9.17) is 11.1 Å². The number of halogens is 1. The fraction of sp³-hybridized carbons (Fsp3) is 0. The van der Waals surface area contributed by atoms with Crippen LogP contribution in [0.15, 0.2) is 18.2 Å². The smallest absolute Gasteiger partial charge is 0.125 e.